The van der Waals surface area contributed by atoms with Gasteiger partial charge in [0, 0.05) is 11.8 Å². The van der Waals surface area contributed by atoms with Gasteiger partial charge in [-0.3, -0.25) is 4.79 Å². The van der Waals surface area contributed by atoms with E-state index in [0.29, 0.717) is 18.4 Å². The normalized spacial score (nSPS) is 29.9. The van der Waals surface area contributed by atoms with E-state index in [1.165, 1.54) is 16.2 Å². The molecular formula is C31H47NO4Si. The summed E-state index contributed by atoms with van der Waals surface area (Å²) in [6, 6.07) is 9.78. The Labute approximate surface area is 225 Å². The number of amides is 2. The Morgan fingerprint density at radius 3 is 2.19 bits per heavy atom. The highest BCUT2D eigenvalue weighted by Gasteiger charge is 2.68. The van der Waals surface area contributed by atoms with E-state index in [-0.39, 0.29) is 52.3 Å². The molecule has 0 spiro atoms. The van der Waals surface area contributed by atoms with E-state index >= 15 is 0 Å². The molecule has 5 nitrogen and oxygen atoms in total. The highest BCUT2D eigenvalue weighted by atomic mass is 28.4. The molecule has 4 rings (SSSR count). The van der Waals surface area contributed by atoms with E-state index in [4.69, 9.17) is 9.16 Å². The molecule has 2 amide bonds. The second kappa shape index (κ2) is 9.59. The van der Waals surface area contributed by atoms with E-state index in [0.717, 1.165) is 5.56 Å². The maximum Gasteiger partial charge on any atom is 0.416 e. The maximum atomic E-state index is 14.2. The second-order valence-corrected chi connectivity index (χ2v) is 19.6. The van der Waals surface area contributed by atoms with E-state index in [2.05, 4.69) is 69.2 Å². The first kappa shape index (κ1) is 27.9. The molecule has 37 heavy (non-hydrogen) atoms. The molecule has 0 saturated carbocycles. The minimum atomic E-state index is -2.34. The van der Waals surface area contributed by atoms with Gasteiger partial charge >= 0.3 is 6.09 Å². The van der Waals surface area contributed by atoms with Crippen LogP contribution < -0.4 is 0 Å². The summed E-state index contributed by atoms with van der Waals surface area (Å²) in [5.74, 6) is 1.39. The average molecular weight is 526 g/mol. The Morgan fingerprint density at radius 1 is 1.05 bits per heavy atom. The standard InChI is InChI=1S/C31H47NO4Si/c1-19(2)24-17-25(28(33)32-23(18-35-29(32)34)16-22-14-12-11-13-15-22)20(3)26-21(4)37(30(5,6)7,31(8,9)10)36-27(24)26/h11-15,19-21,23,25-26H,16-18H2,1-10H3/t20-,21-,23+,25+,26-/m1/s1. The zero-order valence-corrected chi connectivity index (χ0v) is 25.6. The number of hydrogen-bond acceptors (Lipinski definition) is 4. The first-order valence-corrected chi connectivity index (χ1v) is 16.1. The van der Waals surface area contributed by atoms with Crippen molar-refractivity contribution < 1.29 is 18.8 Å². The SMILES string of the molecule is CC(C)C1=C2O[Si](C(C)(C)C)(C(C)(C)C)[C@H](C)[C@H]2[C@H](C)[C@@H](C(=O)N2C(=O)OC[C@@H]2Cc2ccccc2)C1. The van der Waals surface area contributed by atoms with Crippen LogP contribution in [0.15, 0.2) is 41.7 Å². The molecule has 2 aliphatic heterocycles. The fourth-order valence-corrected chi connectivity index (χ4v) is 15.5. The summed E-state index contributed by atoms with van der Waals surface area (Å²) < 4.78 is 12.8. The van der Waals surface area contributed by atoms with Gasteiger partial charge in [-0.15, -0.1) is 0 Å². The van der Waals surface area contributed by atoms with Gasteiger partial charge in [0.1, 0.15) is 6.61 Å². The van der Waals surface area contributed by atoms with Crippen molar-refractivity contribution in [3.63, 3.8) is 0 Å². The van der Waals surface area contributed by atoms with Gasteiger partial charge in [-0.2, -0.15) is 0 Å². The van der Waals surface area contributed by atoms with Gasteiger partial charge in [0.05, 0.1) is 11.8 Å². The third-order valence-electron chi connectivity index (χ3n) is 9.47. The predicted molar refractivity (Wildman–Crippen MR) is 150 cm³/mol. The number of fused-ring (bicyclic) bond motifs is 1. The number of nitrogens with zero attached hydrogens (tertiary/aromatic N) is 1. The fraction of sp³-hybridized carbons (Fsp3) is 0.677. The van der Waals surface area contributed by atoms with E-state index < -0.39 is 14.4 Å². The Bertz CT molecular complexity index is 1050. The first-order chi connectivity index (χ1) is 17.1. The van der Waals surface area contributed by atoms with Crippen molar-refractivity contribution in [2.24, 2.45) is 23.7 Å². The van der Waals surface area contributed by atoms with Gasteiger partial charge in [-0.1, -0.05) is 99.6 Å². The zero-order valence-electron chi connectivity index (χ0n) is 24.6. The number of benzene rings is 1. The lowest BCUT2D eigenvalue weighted by molar-refractivity contribution is -0.136. The van der Waals surface area contributed by atoms with Gasteiger partial charge in [0.25, 0.3) is 8.32 Å². The predicted octanol–water partition coefficient (Wildman–Crippen LogP) is 7.72. The number of rotatable bonds is 4. The van der Waals surface area contributed by atoms with Gasteiger partial charge in [0.2, 0.25) is 5.91 Å². The van der Waals surface area contributed by atoms with Crippen LogP contribution in [0.2, 0.25) is 15.6 Å². The summed E-state index contributed by atoms with van der Waals surface area (Å²) in [5, 5.41) is 0.0751. The van der Waals surface area contributed by atoms with Crippen LogP contribution in [-0.2, 0) is 20.4 Å². The Balaban J connectivity index is 1.71. The summed E-state index contributed by atoms with van der Waals surface area (Å²) in [7, 11) is -2.34. The molecule has 1 aliphatic carbocycles. The van der Waals surface area contributed by atoms with Crippen LogP contribution in [0.5, 0.6) is 0 Å². The average Bonchev–Trinajstić information content (AvgIpc) is 3.32. The largest absolute Gasteiger partial charge is 0.545 e. The second-order valence-electron chi connectivity index (χ2n) is 14.0. The van der Waals surface area contributed by atoms with E-state index in [1.54, 1.807) is 0 Å². The van der Waals surface area contributed by atoms with Crippen LogP contribution in [0.25, 0.3) is 0 Å². The summed E-state index contributed by atoms with van der Waals surface area (Å²) in [4.78, 5) is 28.5. The molecule has 0 bridgehead atoms. The molecular weight excluding hydrogens is 478 g/mol. The summed E-state index contributed by atoms with van der Waals surface area (Å²) in [6.45, 7) is 23.3. The molecule has 204 valence electrons. The van der Waals surface area contributed by atoms with Crippen LogP contribution in [0, 0.1) is 23.7 Å². The molecule has 1 aromatic carbocycles. The number of cyclic esters (lactones) is 1. The lowest BCUT2D eigenvalue weighted by atomic mass is 9.69. The third kappa shape index (κ3) is 4.47. The minimum Gasteiger partial charge on any atom is -0.545 e. The lowest BCUT2D eigenvalue weighted by Crippen LogP contribution is -2.55. The molecule has 2 fully saturated rings. The first-order valence-electron chi connectivity index (χ1n) is 14.1. The number of carbonyl (C=O) groups is 2. The van der Waals surface area contributed by atoms with Crippen molar-refractivity contribution in [2.75, 3.05) is 6.61 Å². The smallest absolute Gasteiger partial charge is 0.416 e. The van der Waals surface area contributed by atoms with Crippen molar-refractivity contribution in [1.82, 2.24) is 4.90 Å². The van der Waals surface area contributed by atoms with Gasteiger partial charge in [0.15, 0.2) is 0 Å². The topological polar surface area (TPSA) is 55.8 Å². The number of allylic oxidation sites excluding steroid dienone is 2. The molecule has 2 saturated heterocycles. The lowest BCUT2D eigenvalue weighted by Gasteiger charge is -2.50. The summed E-state index contributed by atoms with van der Waals surface area (Å²) in [5.41, 5.74) is 2.73. The molecule has 0 aromatic heterocycles. The monoisotopic (exact) mass is 525 g/mol. The van der Waals surface area contributed by atoms with Crippen LogP contribution in [0.4, 0.5) is 4.79 Å². The molecule has 5 atom stereocenters. The maximum absolute atomic E-state index is 14.2. The quantitative estimate of drug-likeness (QED) is 0.378. The van der Waals surface area contributed by atoms with Crippen molar-refractivity contribution in [1.29, 1.82) is 0 Å². The number of imide groups is 1. The zero-order chi connectivity index (χ0) is 27.5. The highest BCUT2D eigenvalue weighted by molar-refractivity contribution is 6.81. The van der Waals surface area contributed by atoms with Gasteiger partial charge in [-0.05, 0) is 51.4 Å². The highest BCUT2D eigenvalue weighted by Crippen LogP contribution is 2.68. The van der Waals surface area contributed by atoms with Crippen LogP contribution in [-0.4, -0.2) is 37.9 Å². The molecule has 2 heterocycles. The van der Waals surface area contributed by atoms with Gasteiger partial charge < -0.3 is 9.16 Å². The minimum absolute atomic E-state index is 0.0376. The van der Waals surface area contributed by atoms with Crippen molar-refractivity contribution >= 4 is 20.3 Å². The molecule has 3 aliphatic rings. The third-order valence-corrected chi connectivity index (χ3v) is 16.1. The van der Waals surface area contributed by atoms with E-state index in [1.807, 2.05) is 30.3 Å². The molecule has 0 N–H and O–H groups in total. The van der Waals surface area contributed by atoms with Crippen molar-refractivity contribution in [3.05, 3.63) is 47.2 Å². The van der Waals surface area contributed by atoms with Crippen molar-refractivity contribution in [3.8, 4) is 0 Å². The van der Waals surface area contributed by atoms with Crippen LogP contribution in [0.1, 0.15) is 81.2 Å². The molecule has 1 aromatic rings. The number of carbonyl (C=O) groups excluding carboxylic acids is 2. The molecule has 0 unspecified atom stereocenters. The number of hydrogen-bond donors (Lipinski definition) is 0. The van der Waals surface area contributed by atoms with E-state index in [9.17, 15) is 9.59 Å². The summed E-state index contributed by atoms with van der Waals surface area (Å²) >= 11 is 0. The van der Waals surface area contributed by atoms with Gasteiger partial charge in [-0.25, -0.2) is 9.69 Å². The Morgan fingerprint density at radius 2 is 1.65 bits per heavy atom. The summed E-state index contributed by atoms with van der Waals surface area (Å²) in [6.07, 6.45) is 0.768. The fourth-order valence-electron chi connectivity index (χ4n) is 8.14. The number of ether oxygens (including phenoxy) is 1. The Kier molecular flexibility index (Phi) is 7.24. The molecule has 6 heteroatoms. The molecule has 0 radical (unpaired) electrons. The van der Waals surface area contributed by atoms with Crippen LogP contribution in [0.3, 0.4) is 0 Å². The van der Waals surface area contributed by atoms with Crippen molar-refractivity contribution in [2.45, 2.75) is 104 Å². The Hall–Kier alpha value is -2.08. The van der Waals surface area contributed by atoms with Crippen LogP contribution >= 0.6 is 0 Å².